The van der Waals surface area contributed by atoms with Crippen molar-refractivity contribution in [1.82, 2.24) is 4.31 Å². The van der Waals surface area contributed by atoms with Gasteiger partial charge in [-0.25, -0.2) is 12.7 Å². The Kier molecular flexibility index (Phi) is 5.58. The topological polar surface area (TPSA) is 69.7 Å². The Morgan fingerprint density at radius 1 is 1.00 bits per heavy atom. The zero-order chi connectivity index (χ0) is 17.7. The molecular weight excluding hydrogens is 326 g/mol. The van der Waals surface area contributed by atoms with Crippen LogP contribution in [-0.4, -0.2) is 46.3 Å². The van der Waals surface area contributed by atoms with E-state index in [4.69, 9.17) is 0 Å². The number of hydrogen-bond acceptors (Lipinski definition) is 4. The van der Waals surface area contributed by atoms with Crippen LogP contribution in [0.25, 0.3) is 0 Å². The molecule has 1 N–H and O–H groups in total. The van der Waals surface area contributed by atoms with Gasteiger partial charge in [0.2, 0.25) is 15.9 Å². The third-order valence-electron chi connectivity index (χ3n) is 3.47. The summed E-state index contributed by atoms with van der Waals surface area (Å²) < 4.78 is 25.4. The fourth-order valence-electron chi connectivity index (χ4n) is 2.13. The number of sulfonamides is 1. The lowest BCUT2D eigenvalue weighted by Crippen LogP contribution is -2.30. The van der Waals surface area contributed by atoms with E-state index in [-0.39, 0.29) is 17.3 Å². The van der Waals surface area contributed by atoms with Gasteiger partial charge in [0, 0.05) is 32.5 Å². The molecule has 0 spiro atoms. The van der Waals surface area contributed by atoms with E-state index in [1.54, 1.807) is 12.1 Å². The number of para-hydroxylation sites is 1. The van der Waals surface area contributed by atoms with Crippen LogP contribution in [0.2, 0.25) is 0 Å². The first-order valence-electron chi connectivity index (χ1n) is 7.39. The van der Waals surface area contributed by atoms with Crippen LogP contribution >= 0.6 is 0 Å². The number of nitrogens with zero attached hydrogens (tertiary/aromatic N) is 2. The van der Waals surface area contributed by atoms with E-state index >= 15 is 0 Å². The number of nitrogens with one attached hydrogen (secondary N) is 1. The van der Waals surface area contributed by atoms with Gasteiger partial charge >= 0.3 is 0 Å². The monoisotopic (exact) mass is 347 g/mol. The zero-order valence-corrected chi connectivity index (χ0v) is 14.7. The highest BCUT2D eigenvalue weighted by Gasteiger charge is 2.17. The summed E-state index contributed by atoms with van der Waals surface area (Å²) in [7, 11) is 1.23. The summed E-state index contributed by atoms with van der Waals surface area (Å²) in [4.78, 5) is 14.1. The van der Waals surface area contributed by atoms with Crippen molar-refractivity contribution in [1.29, 1.82) is 0 Å². The highest BCUT2D eigenvalue weighted by atomic mass is 32.2. The van der Waals surface area contributed by atoms with Crippen molar-refractivity contribution in [2.45, 2.75) is 4.90 Å². The third-order valence-corrected chi connectivity index (χ3v) is 5.29. The molecule has 0 aliphatic rings. The van der Waals surface area contributed by atoms with Crippen LogP contribution in [-0.2, 0) is 14.8 Å². The van der Waals surface area contributed by atoms with Crippen molar-refractivity contribution in [2.24, 2.45) is 0 Å². The van der Waals surface area contributed by atoms with Crippen LogP contribution < -0.4 is 10.2 Å². The minimum atomic E-state index is -3.53. The normalized spacial score (nSPS) is 11.3. The molecule has 0 atom stereocenters. The van der Waals surface area contributed by atoms with Crippen molar-refractivity contribution >= 4 is 27.3 Å². The molecule has 0 heterocycles. The first-order valence-corrected chi connectivity index (χ1v) is 8.83. The number of likely N-dealkylation sites (N-methyl/N-ethyl adjacent to an activating group) is 1. The molecule has 6 nitrogen and oxygen atoms in total. The molecule has 2 aromatic carbocycles. The smallest absolute Gasteiger partial charge is 0.243 e. The SMILES string of the molecule is CN(CC(=O)Nc1cccc(S(=O)(=O)N(C)C)c1)c1ccccc1. The van der Waals surface area contributed by atoms with Crippen molar-refractivity contribution < 1.29 is 13.2 Å². The number of hydrogen-bond donors (Lipinski definition) is 1. The second-order valence-electron chi connectivity index (χ2n) is 5.56. The summed E-state index contributed by atoms with van der Waals surface area (Å²) in [5.74, 6) is -0.222. The molecule has 0 radical (unpaired) electrons. The Hall–Kier alpha value is -2.38. The Labute approximate surface area is 142 Å². The predicted octanol–water partition coefficient (Wildman–Crippen LogP) is 2.01. The van der Waals surface area contributed by atoms with Crippen LogP contribution in [0.15, 0.2) is 59.5 Å². The molecule has 0 saturated heterocycles. The molecule has 2 aromatic rings. The molecule has 1 amide bonds. The molecule has 0 aromatic heterocycles. The highest BCUT2D eigenvalue weighted by Crippen LogP contribution is 2.18. The Bertz CT molecular complexity index is 805. The summed E-state index contributed by atoms with van der Waals surface area (Å²) >= 11 is 0. The van der Waals surface area contributed by atoms with E-state index in [2.05, 4.69) is 5.32 Å². The summed E-state index contributed by atoms with van der Waals surface area (Å²) in [6, 6.07) is 15.8. The predicted molar refractivity (Wildman–Crippen MR) is 95.7 cm³/mol. The highest BCUT2D eigenvalue weighted by molar-refractivity contribution is 7.89. The maximum atomic E-state index is 12.2. The van der Waals surface area contributed by atoms with Gasteiger partial charge in [0.25, 0.3) is 0 Å². The van der Waals surface area contributed by atoms with Gasteiger partial charge in [0.05, 0.1) is 11.4 Å². The molecule has 0 aliphatic heterocycles. The number of carbonyl (C=O) groups excluding carboxylic acids is 1. The van der Waals surface area contributed by atoms with Crippen molar-refractivity contribution in [2.75, 3.05) is 37.9 Å². The Morgan fingerprint density at radius 3 is 2.29 bits per heavy atom. The van der Waals surface area contributed by atoms with Gasteiger partial charge in [-0.05, 0) is 30.3 Å². The number of anilines is 2. The standard InChI is InChI=1S/C17H21N3O3S/c1-19(2)24(22,23)16-11-7-8-14(12-16)18-17(21)13-20(3)15-9-5-4-6-10-15/h4-12H,13H2,1-3H3,(H,18,21). The molecular formula is C17H21N3O3S. The largest absolute Gasteiger partial charge is 0.365 e. The van der Waals surface area contributed by atoms with Crippen LogP contribution in [0.1, 0.15) is 0 Å². The average molecular weight is 347 g/mol. The van der Waals surface area contributed by atoms with Crippen LogP contribution in [0.4, 0.5) is 11.4 Å². The van der Waals surface area contributed by atoms with Gasteiger partial charge in [0.1, 0.15) is 0 Å². The van der Waals surface area contributed by atoms with Gasteiger partial charge in [-0.15, -0.1) is 0 Å². The van der Waals surface area contributed by atoms with Crippen molar-refractivity contribution in [3.8, 4) is 0 Å². The second-order valence-corrected chi connectivity index (χ2v) is 7.71. The quantitative estimate of drug-likeness (QED) is 0.868. The van der Waals surface area contributed by atoms with Crippen molar-refractivity contribution in [3.05, 3.63) is 54.6 Å². The molecule has 0 saturated carbocycles. The molecule has 2 rings (SSSR count). The van der Waals surface area contributed by atoms with E-state index in [0.717, 1.165) is 9.99 Å². The van der Waals surface area contributed by atoms with E-state index in [9.17, 15) is 13.2 Å². The lowest BCUT2D eigenvalue weighted by atomic mass is 10.3. The minimum absolute atomic E-state index is 0.140. The molecule has 0 fully saturated rings. The number of carbonyl (C=O) groups is 1. The summed E-state index contributed by atoms with van der Waals surface area (Å²) in [6.07, 6.45) is 0. The molecule has 0 aliphatic carbocycles. The first-order chi connectivity index (χ1) is 11.3. The minimum Gasteiger partial charge on any atom is -0.365 e. The van der Waals surface area contributed by atoms with Gasteiger partial charge in [-0.2, -0.15) is 0 Å². The molecule has 128 valence electrons. The number of amides is 1. The Balaban J connectivity index is 2.07. The summed E-state index contributed by atoms with van der Waals surface area (Å²) in [5.41, 5.74) is 1.38. The van der Waals surface area contributed by atoms with Crippen molar-refractivity contribution in [3.63, 3.8) is 0 Å². The lowest BCUT2D eigenvalue weighted by Gasteiger charge is -2.19. The van der Waals surface area contributed by atoms with E-state index in [1.807, 2.05) is 42.3 Å². The molecule has 24 heavy (non-hydrogen) atoms. The maximum Gasteiger partial charge on any atom is 0.243 e. The fourth-order valence-corrected chi connectivity index (χ4v) is 3.08. The van der Waals surface area contributed by atoms with E-state index in [0.29, 0.717) is 5.69 Å². The molecule has 7 heteroatoms. The second kappa shape index (κ2) is 7.46. The number of benzene rings is 2. The molecule has 0 unspecified atom stereocenters. The fraction of sp³-hybridized carbons (Fsp3) is 0.235. The van der Waals surface area contributed by atoms with Gasteiger partial charge < -0.3 is 10.2 Å². The van der Waals surface area contributed by atoms with Gasteiger partial charge in [0.15, 0.2) is 0 Å². The van der Waals surface area contributed by atoms with Crippen LogP contribution in [0.3, 0.4) is 0 Å². The maximum absolute atomic E-state index is 12.2. The van der Waals surface area contributed by atoms with E-state index in [1.165, 1.54) is 26.2 Å². The van der Waals surface area contributed by atoms with Gasteiger partial charge in [-0.1, -0.05) is 24.3 Å². The Morgan fingerprint density at radius 2 is 1.67 bits per heavy atom. The molecule has 0 bridgehead atoms. The van der Waals surface area contributed by atoms with E-state index < -0.39 is 10.0 Å². The lowest BCUT2D eigenvalue weighted by molar-refractivity contribution is -0.114. The zero-order valence-electron chi connectivity index (χ0n) is 13.9. The number of rotatable bonds is 6. The summed E-state index contributed by atoms with van der Waals surface area (Å²) in [5, 5.41) is 2.73. The van der Waals surface area contributed by atoms with Gasteiger partial charge in [-0.3, -0.25) is 4.79 Å². The average Bonchev–Trinajstić information content (AvgIpc) is 2.55. The van der Waals surface area contributed by atoms with Crippen LogP contribution in [0.5, 0.6) is 0 Å². The third kappa shape index (κ3) is 4.33. The summed E-state index contributed by atoms with van der Waals surface area (Å²) in [6.45, 7) is 0.161. The first kappa shape index (κ1) is 18.0. The van der Waals surface area contributed by atoms with Crippen LogP contribution in [0, 0.1) is 0 Å².